The third kappa shape index (κ3) is 3.72. The summed E-state index contributed by atoms with van der Waals surface area (Å²) in [5.74, 6) is -0.704. The van der Waals surface area contributed by atoms with Crippen LogP contribution in [0.2, 0.25) is 0 Å². The molecule has 0 fully saturated rings. The Morgan fingerprint density at radius 1 is 1.53 bits per heavy atom. The van der Waals surface area contributed by atoms with Gasteiger partial charge in [-0.3, -0.25) is 4.79 Å². The summed E-state index contributed by atoms with van der Waals surface area (Å²) in [7, 11) is 1.84. The van der Waals surface area contributed by atoms with Crippen LogP contribution >= 0.6 is 0 Å². The number of benzene rings is 1. The van der Waals surface area contributed by atoms with E-state index in [1.54, 1.807) is 0 Å². The second kappa shape index (κ2) is 5.51. The number of nitrogens with one attached hydrogen (secondary N) is 1. The maximum absolute atomic E-state index is 10.7. The van der Waals surface area contributed by atoms with Crippen molar-refractivity contribution in [3.8, 4) is 0 Å². The largest absolute Gasteiger partial charge is 0.481 e. The van der Waals surface area contributed by atoms with Crippen molar-refractivity contribution in [1.82, 2.24) is 5.32 Å². The summed E-state index contributed by atoms with van der Waals surface area (Å²) < 4.78 is 0. The van der Waals surface area contributed by atoms with Gasteiger partial charge in [-0.2, -0.15) is 0 Å². The van der Waals surface area contributed by atoms with Gasteiger partial charge < -0.3 is 10.4 Å². The van der Waals surface area contributed by atoms with Crippen LogP contribution in [0.4, 0.5) is 0 Å². The molecule has 2 N–H and O–H groups in total. The molecule has 0 spiro atoms. The van der Waals surface area contributed by atoms with Gasteiger partial charge in [-0.05, 0) is 19.5 Å². The summed E-state index contributed by atoms with van der Waals surface area (Å²) in [6.45, 7) is 2.70. The van der Waals surface area contributed by atoms with E-state index in [1.807, 2.05) is 38.2 Å². The van der Waals surface area contributed by atoms with Gasteiger partial charge in [0.15, 0.2) is 0 Å². The van der Waals surface area contributed by atoms with E-state index < -0.39 is 5.97 Å². The van der Waals surface area contributed by atoms with Gasteiger partial charge in [0.05, 0.1) is 6.42 Å². The molecule has 1 unspecified atom stereocenters. The first-order valence-electron chi connectivity index (χ1n) is 5.06. The Balaban J connectivity index is 2.83. The van der Waals surface area contributed by atoms with Crippen molar-refractivity contribution in [1.29, 1.82) is 0 Å². The van der Waals surface area contributed by atoms with Crippen LogP contribution in [-0.2, 0) is 4.79 Å². The molecule has 15 heavy (non-hydrogen) atoms. The van der Waals surface area contributed by atoms with E-state index in [0.29, 0.717) is 6.54 Å². The number of carboxylic acid groups (broad SMARTS) is 1. The first-order valence-corrected chi connectivity index (χ1v) is 5.06. The molecule has 1 atom stereocenters. The highest BCUT2D eigenvalue weighted by Gasteiger charge is 2.14. The summed E-state index contributed by atoms with van der Waals surface area (Å²) in [6, 6.07) is 8.01. The number of hydrogen-bond donors (Lipinski definition) is 2. The van der Waals surface area contributed by atoms with Crippen molar-refractivity contribution in [3.63, 3.8) is 0 Å². The Bertz CT molecular complexity index is 336. The predicted molar refractivity (Wildman–Crippen MR) is 60.1 cm³/mol. The van der Waals surface area contributed by atoms with Crippen LogP contribution in [0, 0.1) is 6.92 Å². The molecule has 0 saturated heterocycles. The molecule has 0 aliphatic carbocycles. The highest BCUT2D eigenvalue weighted by atomic mass is 16.4. The zero-order chi connectivity index (χ0) is 11.3. The monoisotopic (exact) mass is 207 g/mol. The lowest BCUT2D eigenvalue weighted by Crippen LogP contribution is -2.19. The topological polar surface area (TPSA) is 49.3 Å². The highest BCUT2D eigenvalue weighted by molar-refractivity contribution is 5.68. The lowest BCUT2D eigenvalue weighted by Gasteiger charge is -2.15. The second-order valence-corrected chi connectivity index (χ2v) is 3.77. The molecule has 1 aromatic rings. The molecular formula is C12H17NO2. The molecule has 0 heterocycles. The molecular weight excluding hydrogens is 190 g/mol. The average molecular weight is 207 g/mol. The van der Waals surface area contributed by atoms with Crippen LogP contribution in [0.5, 0.6) is 0 Å². The lowest BCUT2D eigenvalue weighted by atomic mass is 9.94. The molecule has 0 aromatic heterocycles. The Hall–Kier alpha value is -1.35. The molecule has 3 nitrogen and oxygen atoms in total. The van der Waals surface area contributed by atoms with Gasteiger partial charge >= 0.3 is 5.97 Å². The van der Waals surface area contributed by atoms with Crippen LogP contribution in [0.3, 0.4) is 0 Å². The van der Waals surface area contributed by atoms with Crippen molar-refractivity contribution in [3.05, 3.63) is 35.4 Å². The number of aryl methyl sites for hydroxylation is 1. The SMILES string of the molecule is CNCC(CC(=O)O)c1cccc(C)c1. The van der Waals surface area contributed by atoms with Gasteiger partial charge in [-0.1, -0.05) is 29.8 Å². The third-order valence-electron chi connectivity index (χ3n) is 2.39. The maximum atomic E-state index is 10.7. The van der Waals surface area contributed by atoms with E-state index in [4.69, 9.17) is 5.11 Å². The molecule has 3 heteroatoms. The minimum absolute atomic E-state index is 0.0485. The minimum Gasteiger partial charge on any atom is -0.481 e. The number of hydrogen-bond acceptors (Lipinski definition) is 2. The van der Waals surface area contributed by atoms with E-state index in [2.05, 4.69) is 5.32 Å². The fraction of sp³-hybridized carbons (Fsp3) is 0.417. The molecule has 0 radical (unpaired) electrons. The molecule has 1 aromatic carbocycles. The smallest absolute Gasteiger partial charge is 0.304 e. The first-order chi connectivity index (χ1) is 7.13. The first kappa shape index (κ1) is 11.7. The van der Waals surface area contributed by atoms with Gasteiger partial charge in [0.1, 0.15) is 0 Å². The standard InChI is InChI=1S/C12H17NO2/c1-9-4-3-5-10(6-9)11(8-13-2)7-12(14)15/h3-6,11,13H,7-8H2,1-2H3,(H,14,15). The van der Waals surface area contributed by atoms with E-state index in [9.17, 15) is 4.79 Å². The average Bonchev–Trinajstić information content (AvgIpc) is 2.16. The highest BCUT2D eigenvalue weighted by Crippen LogP contribution is 2.19. The number of carboxylic acids is 1. The van der Waals surface area contributed by atoms with Crippen molar-refractivity contribution in [2.24, 2.45) is 0 Å². The summed E-state index contributed by atoms with van der Waals surface area (Å²) in [6.07, 6.45) is 0.171. The molecule has 0 aliphatic rings. The van der Waals surface area contributed by atoms with E-state index in [0.717, 1.165) is 5.56 Å². The summed E-state index contributed by atoms with van der Waals surface area (Å²) >= 11 is 0. The maximum Gasteiger partial charge on any atom is 0.304 e. The normalized spacial score (nSPS) is 12.4. The van der Waals surface area contributed by atoms with E-state index >= 15 is 0 Å². The van der Waals surface area contributed by atoms with Crippen molar-refractivity contribution in [2.75, 3.05) is 13.6 Å². The van der Waals surface area contributed by atoms with Crippen LogP contribution < -0.4 is 5.32 Å². The Labute approximate surface area is 90.1 Å². The van der Waals surface area contributed by atoms with E-state index in [1.165, 1.54) is 5.56 Å². The minimum atomic E-state index is -0.753. The number of aliphatic carboxylic acids is 1. The molecule has 1 rings (SSSR count). The van der Waals surface area contributed by atoms with Gasteiger partial charge in [-0.25, -0.2) is 0 Å². The fourth-order valence-corrected chi connectivity index (χ4v) is 1.69. The zero-order valence-corrected chi connectivity index (χ0v) is 9.16. The van der Waals surface area contributed by atoms with Gasteiger partial charge in [-0.15, -0.1) is 0 Å². The molecule has 0 amide bonds. The van der Waals surface area contributed by atoms with Crippen LogP contribution in [0.1, 0.15) is 23.5 Å². The zero-order valence-electron chi connectivity index (χ0n) is 9.16. The van der Waals surface area contributed by atoms with Gasteiger partial charge in [0.25, 0.3) is 0 Å². The summed E-state index contributed by atoms with van der Waals surface area (Å²) in [5.41, 5.74) is 2.26. The molecule has 0 bridgehead atoms. The number of likely N-dealkylation sites (N-methyl/N-ethyl adjacent to an activating group) is 1. The summed E-state index contributed by atoms with van der Waals surface area (Å²) in [4.78, 5) is 10.7. The van der Waals surface area contributed by atoms with Gasteiger partial charge in [0.2, 0.25) is 0 Å². The Morgan fingerprint density at radius 2 is 2.27 bits per heavy atom. The van der Waals surface area contributed by atoms with E-state index in [-0.39, 0.29) is 12.3 Å². The summed E-state index contributed by atoms with van der Waals surface area (Å²) in [5, 5.41) is 11.8. The van der Waals surface area contributed by atoms with Crippen molar-refractivity contribution < 1.29 is 9.90 Å². The van der Waals surface area contributed by atoms with Gasteiger partial charge in [0, 0.05) is 12.5 Å². The molecule has 82 valence electrons. The van der Waals surface area contributed by atoms with Crippen molar-refractivity contribution >= 4 is 5.97 Å². The number of rotatable bonds is 5. The predicted octanol–water partition coefficient (Wildman–Crippen LogP) is 1.77. The second-order valence-electron chi connectivity index (χ2n) is 3.77. The molecule has 0 saturated carbocycles. The lowest BCUT2D eigenvalue weighted by molar-refractivity contribution is -0.137. The van der Waals surface area contributed by atoms with Crippen LogP contribution in [0.25, 0.3) is 0 Å². The fourth-order valence-electron chi connectivity index (χ4n) is 1.69. The molecule has 0 aliphatic heterocycles. The Kier molecular flexibility index (Phi) is 4.31. The Morgan fingerprint density at radius 3 is 2.80 bits per heavy atom. The third-order valence-corrected chi connectivity index (χ3v) is 2.39. The van der Waals surface area contributed by atoms with Crippen LogP contribution in [-0.4, -0.2) is 24.7 Å². The quantitative estimate of drug-likeness (QED) is 0.773. The van der Waals surface area contributed by atoms with Crippen molar-refractivity contribution in [2.45, 2.75) is 19.3 Å². The number of carbonyl (C=O) groups is 1. The van der Waals surface area contributed by atoms with Crippen LogP contribution in [0.15, 0.2) is 24.3 Å².